The lowest BCUT2D eigenvalue weighted by atomic mass is 10.1. The van der Waals surface area contributed by atoms with Crippen molar-refractivity contribution in [2.45, 2.75) is 52.6 Å². The maximum absolute atomic E-state index is 13.3. The maximum atomic E-state index is 13.3. The van der Waals surface area contributed by atoms with E-state index in [1.807, 2.05) is 38.1 Å². The predicted octanol–water partition coefficient (Wildman–Crippen LogP) is 3.49. The van der Waals surface area contributed by atoms with Crippen molar-refractivity contribution < 1.29 is 22.7 Å². The first-order chi connectivity index (χ1) is 16.6. The Bertz CT molecular complexity index is 1090. The Morgan fingerprint density at radius 3 is 2.40 bits per heavy atom. The quantitative estimate of drug-likeness (QED) is 0.451. The highest BCUT2D eigenvalue weighted by Gasteiger charge is 2.26. The van der Waals surface area contributed by atoms with Gasteiger partial charge in [0, 0.05) is 32.1 Å². The first-order valence-electron chi connectivity index (χ1n) is 11.8. The van der Waals surface area contributed by atoms with E-state index in [1.54, 1.807) is 36.1 Å². The van der Waals surface area contributed by atoms with E-state index >= 15 is 0 Å². The molecule has 0 aromatic heterocycles. The summed E-state index contributed by atoms with van der Waals surface area (Å²) in [5.74, 6) is 0.133. The first-order valence-corrected chi connectivity index (χ1v) is 13.7. The number of methoxy groups -OCH3 is 1. The van der Waals surface area contributed by atoms with Crippen molar-refractivity contribution in [1.29, 1.82) is 0 Å². The molecule has 0 aliphatic rings. The minimum Gasteiger partial charge on any atom is -0.497 e. The number of rotatable bonds is 13. The highest BCUT2D eigenvalue weighted by molar-refractivity contribution is 7.92. The molecule has 2 aromatic rings. The molecule has 0 heterocycles. The molecule has 0 fully saturated rings. The van der Waals surface area contributed by atoms with E-state index in [9.17, 15) is 18.0 Å². The number of ether oxygens (including phenoxy) is 1. The molecule has 0 unspecified atom stereocenters. The average Bonchev–Trinajstić information content (AvgIpc) is 2.83. The molecule has 0 saturated heterocycles. The van der Waals surface area contributed by atoms with Gasteiger partial charge in [-0.1, -0.05) is 42.8 Å². The van der Waals surface area contributed by atoms with Crippen LogP contribution in [0.4, 0.5) is 5.69 Å². The first kappa shape index (κ1) is 28.2. The summed E-state index contributed by atoms with van der Waals surface area (Å²) in [5.41, 5.74) is 2.51. The lowest BCUT2D eigenvalue weighted by molar-refractivity contribution is -0.140. The molecule has 35 heavy (non-hydrogen) atoms. The van der Waals surface area contributed by atoms with Crippen LogP contribution in [0.5, 0.6) is 5.75 Å². The van der Waals surface area contributed by atoms with E-state index in [0.29, 0.717) is 30.9 Å². The van der Waals surface area contributed by atoms with Crippen LogP contribution in [0.2, 0.25) is 0 Å². The number of nitrogens with zero attached hydrogens (tertiary/aromatic N) is 2. The van der Waals surface area contributed by atoms with Gasteiger partial charge in [-0.15, -0.1) is 0 Å². The Morgan fingerprint density at radius 1 is 1.11 bits per heavy atom. The summed E-state index contributed by atoms with van der Waals surface area (Å²) in [6, 6.07) is 14.0. The molecule has 2 aromatic carbocycles. The molecule has 2 rings (SSSR count). The molecule has 0 radical (unpaired) electrons. The van der Waals surface area contributed by atoms with E-state index < -0.39 is 16.1 Å². The third-order valence-electron chi connectivity index (χ3n) is 5.68. The summed E-state index contributed by atoms with van der Waals surface area (Å²) >= 11 is 0. The van der Waals surface area contributed by atoms with Gasteiger partial charge in [-0.2, -0.15) is 0 Å². The molecule has 0 spiro atoms. The number of aryl methyl sites for hydroxylation is 1. The van der Waals surface area contributed by atoms with Crippen LogP contribution < -0.4 is 14.4 Å². The largest absolute Gasteiger partial charge is 0.497 e. The van der Waals surface area contributed by atoms with E-state index in [4.69, 9.17) is 4.74 Å². The fourth-order valence-corrected chi connectivity index (χ4v) is 4.60. The molecule has 1 atom stereocenters. The highest BCUT2D eigenvalue weighted by atomic mass is 32.2. The van der Waals surface area contributed by atoms with Crippen LogP contribution in [0, 0.1) is 6.92 Å². The zero-order valence-corrected chi connectivity index (χ0v) is 22.1. The molecule has 2 amide bonds. The summed E-state index contributed by atoms with van der Waals surface area (Å²) < 4.78 is 31.4. The van der Waals surface area contributed by atoms with E-state index in [1.165, 1.54) is 11.4 Å². The van der Waals surface area contributed by atoms with E-state index in [2.05, 4.69) is 5.32 Å². The minimum absolute atomic E-state index is 0.104. The lowest BCUT2D eigenvalue weighted by Gasteiger charge is -2.29. The number of carbonyl (C=O) groups is 2. The van der Waals surface area contributed by atoms with Gasteiger partial charge in [0.15, 0.2) is 0 Å². The van der Waals surface area contributed by atoms with Crippen LogP contribution in [0.25, 0.3) is 0 Å². The van der Waals surface area contributed by atoms with Gasteiger partial charge in [-0.25, -0.2) is 8.42 Å². The Morgan fingerprint density at radius 2 is 1.80 bits per heavy atom. The summed E-state index contributed by atoms with van der Waals surface area (Å²) in [6.07, 6.45) is 2.35. The fraction of sp³-hybridized carbons (Fsp3) is 0.462. The maximum Gasteiger partial charge on any atom is 0.242 e. The third-order valence-corrected chi connectivity index (χ3v) is 6.88. The monoisotopic (exact) mass is 503 g/mol. The van der Waals surface area contributed by atoms with Crippen LogP contribution in [0.15, 0.2) is 48.5 Å². The summed E-state index contributed by atoms with van der Waals surface area (Å²) in [5, 5.41) is 2.86. The number of benzene rings is 2. The Hall–Kier alpha value is -3.07. The molecule has 9 heteroatoms. The van der Waals surface area contributed by atoms with Crippen LogP contribution in [0.1, 0.15) is 44.2 Å². The SMILES string of the molecule is CCCNC(=O)[C@H](C)N(Cc1ccc(C)cc1)C(=O)CCCN(c1cccc(OC)c1)S(C)(=O)=O. The number of hydrogen-bond acceptors (Lipinski definition) is 5. The fourth-order valence-electron chi connectivity index (χ4n) is 3.64. The van der Waals surface area contributed by atoms with Gasteiger partial charge in [0.25, 0.3) is 0 Å². The van der Waals surface area contributed by atoms with Gasteiger partial charge in [-0.3, -0.25) is 13.9 Å². The van der Waals surface area contributed by atoms with Gasteiger partial charge >= 0.3 is 0 Å². The number of hydrogen-bond donors (Lipinski definition) is 1. The van der Waals surface area contributed by atoms with Crippen molar-refractivity contribution in [1.82, 2.24) is 10.2 Å². The third kappa shape index (κ3) is 8.58. The summed E-state index contributed by atoms with van der Waals surface area (Å²) in [4.78, 5) is 27.5. The lowest BCUT2D eigenvalue weighted by Crippen LogP contribution is -2.47. The zero-order chi connectivity index (χ0) is 26.0. The summed E-state index contributed by atoms with van der Waals surface area (Å²) in [6.45, 7) is 6.65. The predicted molar refractivity (Wildman–Crippen MR) is 139 cm³/mol. The van der Waals surface area contributed by atoms with Gasteiger partial charge in [0.05, 0.1) is 19.1 Å². The molecule has 192 valence electrons. The van der Waals surface area contributed by atoms with Crippen molar-refractivity contribution in [3.8, 4) is 5.75 Å². The molecule has 8 nitrogen and oxygen atoms in total. The van der Waals surface area contributed by atoms with Crippen LogP contribution in [0.3, 0.4) is 0 Å². The average molecular weight is 504 g/mol. The van der Waals surface area contributed by atoms with Crippen molar-refractivity contribution in [2.24, 2.45) is 0 Å². The number of amides is 2. The Balaban J connectivity index is 2.15. The second kappa shape index (κ2) is 13.1. The van der Waals surface area contributed by atoms with Gasteiger partial charge in [0.2, 0.25) is 21.8 Å². The Kier molecular flexibility index (Phi) is 10.6. The number of anilines is 1. The van der Waals surface area contributed by atoms with Gasteiger partial charge < -0.3 is 15.0 Å². The topological polar surface area (TPSA) is 96.0 Å². The van der Waals surface area contributed by atoms with Crippen molar-refractivity contribution in [3.63, 3.8) is 0 Å². The molecule has 0 aliphatic carbocycles. The second-order valence-corrected chi connectivity index (χ2v) is 10.5. The molecule has 0 bridgehead atoms. The van der Waals surface area contributed by atoms with Crippen molar-refractivity contribution in [2.75, 3.05) is 30.8 Å². The van der Waals surface area contributed by atoms with Crippen LogP contribution in [-0.2, 0) is 26.2 Å². The van der Waals surface area contributed by atoms with Gasteiger partial charge in [0.1, 0.15) is 11.8 Å². The Labute approximate surface area is 209 Å². The molecule has 1 N–H and O–H groups in total. The number of carbonyl (C=O) groups excluding carboxylic acids is 2. The van der Waals surface area contributed by atoms with Crippen LogP contribution in [-0.4, -0.2) is 57.6 Å². The summed E-state index contributed by atoms with van der Waals surface area (Å²) in [7, 11) is -2.05. The molecular formula is C26H37N3O5S. The molecular weight excluding hydrogens is 466 g/mol. The second-order valence-electron chi connectivity index (χ2n) is 8.61. The van der Waals surface area contributed by atoms with Crippen LogP contribution >= 0.6 is 0 Å². The zero-order valence-electron chi connectivity index (χ0n) is 21.3. The van der Waals surface area contributed by atoms with E-state index in [-0.39, 0.29) is 24.8 Å². The minimum atomic E-state index is -3.57. The normalized spacial score (nSPS) is 12.0. The smallest absolute Gasteiger partial charge is 0.242 e. The van der Waals surface area contributed by atoms with Gasteiger partial charge in [-0.05, 0) is 44.4 Å². The number of nitrogens with one attached hydrogen (secondary N) is 1. The van der Waals surface area contributed by atoms with E-state index in [0.717, 1.165) is 23.8 Å². The molecule has 0 aliphatic heterocycles. The standard InChI is InChI=1S/C26H37N3O5S/c1-6-16-27-26(31)21(3)28(19-22-14-12-20(2)13-15-22)25(30)11-8-17-29(35(5,32)33)23-9-7-10-24(18-23)34-4/h7,9-10,12-15,18,21H,6,8,11,16-17,19H2,1-5H3,(H,27,31)/t21-/m0/s1. The van der Waals surface area contributed by atoms with Crippen molar-refractivity contribution >= 4 is 27.5 Å². The highest BCUT2D eigenvalue weighted by Crippen LogP contribution is 2.24. The van der Waals surface area contributed by atoms with Crippen molar-refractivity contribution in [3.05, 3.63) is 59.7 Å². The number of sulfonamides is 1. The molecule has 0 saturated carbocycles.